The number of esters is 1. The van der Waals surface area contributed by atoms with Crippen LogP contribution in [0.4, 0.5) is 0 Å². The van der Waals surface area contributed by atoms with Gasteiger partial charge in [-0.05, 0) is 42.7 Å². The Morgan fingerprint density at radius 2 is 2.14 bits per heavy atom. The third-order valence-electron chi connectivity index (χ3n) is 5.95. The molecule has 0 aliphatic carbocycles. The maximum Gasteiger partial charge on any atom is 0.343 e. The fourth-order valence-corrected chi connectivity index (χ4v) is 4.33. The molecule has 146 valence electrons. The molecule has 29 heavy (non-hydrogen) atoms. The normalized spacial score (nSPS) is 19.4. The van der Waals surface area contributed by atoms with Crippen molar-refractivity contribution < 1.29 is 14.6 Å². The molecule has 0 saturated carbocycles. The maximum absolute atomic E-state index is 13.1. The van der Waals surface area contributed by atoms with Crippen molar-refractivity contribution in [2.24, 2.45) is 0 Å². The Balaban J connectivity index is 1.73. The molecule has 2 aromatic heterocycles. The first kappa shape index (κ1) is 17.8. The number of carbonyl (C=O) groups excluding carboxylic acids is 1. The van der Waals surface area contributed by atoms with Crippen LogP contribution in [-0.4, -0.2) is 20.6 Å². The molecule has 0 fully saturated rings. The minimum absolute atomic E-state index is 0.119. The predicted octanol–water partition coefficient (Wildman–Crippen LogP) is 2.81. The minimum atomic E-state index is -1.80. The number of fused-ring (bicyclic) bond motifs is 5. The van der Waals surface area contributed by atoms with E-state index >= 15 is 0 Å². The Morgan fingerprint density at radius 1 is 1.31 bits per heavy atom. The molecule has 2 aliphatic rings. The average Bonchev–Trinajstić information content (AvgIpc) is 3.07. The molecule has 6 nitrogen and oxygen atoms in total. The number of carbonyl (C=O) groups is 1. The third kappa shape index (κ3) is 2.42. The summed E-state index contributed by atoms with van der Waals surface area (Å²) in [5.74, 6) is -0.712. The number of ether oxygens (including phenoxy) is 1. The minimum Gasteiger partial charge on any atom is -0.458 e. The Bertz CT molecular complexity index is 1270. The first-order valence-electron chi connectivity index (χ1n) is 9.67. The lowest BCUT2D eigenvalue weighted by Gasteiger charge is -2.31. The molecule has 0 radical (unpaired) electrons. The summed E-state index contributed by atoms with van der Waals surface area (Å²) in [4.78, 5) is 30.2. The summed E-state index contributed by atoms with van der Waals surface area (Å²) in [5.41, 5.74) is 2.90. The van der Waals surface area contributed by atoms with E-state index in [1.165, 1.54) is 0 Å². The monoisotopic (exact) mass is 388 g/mol. The number of hydrogen-bond donors (Lipinski definition) is 1. The van der Waals surface area contributed by atoms with E-state index in [4.69, 9.17) is 9.72 Å². The highest BCUT2D eigenvalue weighted by atomic mass is 16.6. The lowest BCUT2D eigenvalue weighted by molar-refractivity contribution is -0.172. The van der Waals surface area contributed by atoms with Gasteiger partial charge in [0.2, 0.25) is 0 Å². The fraction of sp³-hybridized carbons (Fsp3) is 0.261. The van der Waals surface area contributed by atoms with Crippen molar-refractivity contribution in [2.75, 3.05) is 0 Å². The fourth-order valence-electron chi connectivity index (χ4n) is 4.33. The second kappa shape index (κ2) is 6.12. The van der Waals surface area contributed by atoms with Gasteiger partial charge in [0.05, 0.1) is 29.0 Å². The van der Waals surface area contributed by atoms with Crippen LogP contribution >= 0.6 is 0 Å². The highest BCUT2D eigenvalue weighted by molar-refractivity contribution is 5.86. The van der Waals surface area contributed by atoms with Crippen LogP contribution in [0.5, 0.6) is 0 Å². The molecule has 0 unspecified atom stereocenters. The first-order valence-corrected chi connectivity index (χ1v) is 9.67. The van der Waals surface area contributed by atoms with Crippen LogP contribution in [0, 0.1) is 0 Å². The number of hydrogen-bond acceptors (Lipinski definition) is 5. The molecule has 0 amide bonds. The van der Waals surface area contributed by atoms with Gasteiger partial charge in [0.1, 0.15) is 6.61 Å². The zero-order valence-electron chi connectivity index (χ0n) is 16.1. The number of cyclic esters (lactones) is 1. The molecule has 1 aromatic carbocycles. The zero-order valence-corrected chi connectivity index (χ0v) is 16.1. The number of nitrogens with zero attached hydrogens (tertiary/aromatic N) is 2. The van der Waals surface area contributed by atoms with Crippen LogP contribution in [0.2, 0.25) is 0 Å². The van der Waals surface area contributed by atoms with Crippen LogP contribution < -0.4 is 5.56 Å². The lowest BCUT2D eigenvalue weighted by Crippen LogP contribution is -2.44. The van der Waals surface area contributed by atoms with Crippen molar-refractivity contribution in [1.29, 1.82) is 0 Å². The molecule has 4 heterocycles. The standard InChI is InChI=1S/C23H20N2O4/c1-3-5-13-6-7-18-14(8-13)9-15-11-25-19(20(15)24-18)10-17-16(21(25)26)12-29-22(27)23(17,28)4-2/h3,6-10,28H,1,4-5,11-12H2,2H3/t23-/m0/s1. The average molecular weight is 388 g/mol. The Morgan fingerprint density at radius 3 is 2.90 bits per heavy atom. The van der Waals surface area contributed by atoms with E-state index in [1.807, 2.05) is 18.2 Å². The molecule has 1 atom stereocenters. The van der Waals surface area contributed by atoms with E-state index in [2.05, 4.69) is 18.7 Å². The van der Waals surface area contributed by atoms with Crippen molar-refractivity contribution >= 4 is 16.9 Å². The predicted molar refractivity (Wildman–Crippen MR) is 108 cm³/mol. The van der Waals surface area contributed by atoms with Gasteiger partial charge in [0, 0.05) is 16.5 Å². The number of benzene rings is 1. The van der Waals surface area contributed by atoms with Gasteiger partial charge in [0.15, 0.2) is 5.60 Å². The SMILES string of the molecule is C=CCc1ccc2nc3c(cc2c1)Cn1c-3cc2c(c1=O)COC(=O)[C@]2(O)CC. The van der Waals surface area contributed by atoms with Gasteiger partial charge >= 0.3 is 5.97 Å². The lowest BCUT2D eigenvalue weighted by atomic mass is 9.86. The van der Waals surface area contributed by atoms with Crippen LogP contribution in [0.3, 0.4) is 0 Å². The number of rotatable bonds is 3. The van der Waals surface area contributed by atoms with Crippen LogP contribution in [0.1, 0.15) is 35.6 Å². The van der Waals surface area contributed by atoms with Crippen molar-refractivity contribution in [3.63, 3.8) is 0 Å². The van der Waals surface area contributed by atoms with Crippen molar-refractivity contribution in [3.05, 3.63) is 75.6 Å². The van der Waals surface area contributed by atoms with Gasteiger partial charge in [-0.15, -0.1) is 6.58 Å². The molecule has 0 saturated heterocycles. The molecule has 6 heteroatoms. The van der Waals surface area contributed by atoms with Crippen LogP contribution in [-0.2, 0) is 34.7 Å². The van der Waals surface area contributed by atoms with E-state index in [-0.39, 0.29) is 18.6 Å². The Hall–Kier alpha value is -3.25. The van der Waals surface area contributed by atoms with Gasteiger partial charge in [-0.25, -0.2) is 9.78 Å². The second-order valence-electron chi connectivity index (χ2n) is 7.62. The molecule has 1 N–H and O–H groups in total. The molecule has 3 aromatic rings. The first-order chi connectivity index (χ1) is 14.0. The molecule has 5 rings (SSSR count). The van der Waals surface area contributed by atoms with Crippen molar-refractivity contribution in [2.45, 2.75) is 38.5 Å². The van der Waals surface area contributed by atoms with Gasteiger partial charge in [-0.2, -0.15) is 0 Å². The maximum atomic E-state index is 13.1. The van der Waals surface area contributed by atoms with Crippen molar-refractivity contribution in [1.82, 2.24) is 9.55 Å². The summed E-state index contributed by atoms with van der Waals surface area (Å²) in [6.07, 6.45) is 2.77. The topological polar surface area (TPSA) is 81.4 Å². The van der Waals surface area contributed by atoms with Gasteiger partial charge in [0.25, 0.3) is 5.56 Å². The van der Waals surface area contributed by atoms with E-state index < -0.39 is 11.6 Å². The van der Waals surface area contributed by atoms with E-state index in [1.54, 1.807) is 17.6 Å². The summed E-state index contributed by atoms with van der Waals surface area (Å²) in [5, 5.41) is 11.9. The number of allylic oxidation sites excluding steroid dienone is 1. The summed E-state index contributed by atoms with van der Waals surface area (Å²) < 4.78 is 6.75. The number of aliphatic hydroxyl groups is 1. The molecular formula is C23H20N2O4. The summed E-state index contributed by atoms with van der Waals surface area (Å²) in [6.45, 7) is 5.77. The van der Waals surface area contributed by atoms with E-state index in [9.17, 15) is 14.7 Å². The largest absolute Gasteiger partial charge is 0.458 e. The number of pyridine rings is 2. The van der Waals surface area contributed by atoms with Crippen LogP contribution in [0.15, 0.2) is 47.8 Å². The summed E-state index contributed by atoms with van der Waals surface area (Å²) >= 11 is 0. The number of aromatic nitrogens is 2. The van der Waals surface area contributed by atoms with E-state index in [0.717, 1.165) is 28.5 Å². The molecular weight excluding hydrogens is 368 g/mol. The Kier molecular flexibility index (Phi) is 3.76. The van der Waals surface area contributed by atoms with Gasteiger partial charge in [-0.3, -0.25) is 4.79 Å². The summed E-state index contributed by atoms with van der Waals surface area (Å²) in [6, 6.07) is 9.86. The molecule has 2 aliphatic heterocycles. The second-order valence-corrected chi connectivity index (χ2v) is 7.62. The quantitative estimate of drug-likeness (QED) is 0.431. The highest BCUT2D eigenvalue weighted by Crippen LogP contribution is 2.38. The zero-order chi connectivity index (χ0) is 20.3. The Labute approximate surface area is 167 Å². The smallest absolute Gasteiger partial charge is 0.343 e. The molecule has 0 bridgehead atoms. The van der Waals surface area contributed by atoms with Gasteiger partial charge < -0.3 is 14.4 Å². The van der Waals surface area contributed by atoms with Crippen molar-refractivity contribution in [3.8, 4) is 11.4 Å². The van der Waals surface area contributed by atoms with Gasteiger partial charge in [-0.1, -0.05) is 19.1 Å². The van der Waals surface area contributed by atoms with Crippen LogP contribution in [0.25, 0.3) is 22.3 Å². The third-order valence-corrected chi connectivity index (χ3v) is 5.95. The highest BCUT2D eigenvalue weighted by Gasteiger charge is 2.45. The summed E-state index contributed by atoms with van der Waals surface area (Å²) in [7, 11) is 0. The molecule has 0 spiro atoms. The van der Waals surface area contributed by atoms with E-state index in [0.29, 0.717) is 29.1 Å².